The van der Waals surface area contributed by atoms with Crippen LogP contribution in [-0.4, -0.2) is 28.3 Å². The second-order valence-electron chi connectivity index (χ2n) is 5.73. The van der Waals surface area contributed by atoms with Gasteiger partial charge in [-0.25, -0.2) is 9.18 Å². The molecule has 126 valence electrons. The van der Waals surface area contributed by atoms with E-state index in [-0.39, 0.29) is 17.6 Å². The van der Waals surface area contributed by atoms with Gasteiger partial charge in [0.25, 0.3) is 5.91 Å². The quantitative estimate of drug-likeness (QED) is 0.800. The van der Waals surface area contributed by atoms with E-state index in [1.165, 1.54) is 12.1 Å². The monoisotopic (exact) mass is 331 g/mol. The zero-order chi connectivity index (χ0) is 17.3. The Kier molecular flexibility index (Phi) is 4.20. The first-order valence-electron chi connectivity index (χ1n) is 7.61. The molecule has 1 atom stereocenters. The maximum absolute atomic E-state index is 14.5. The van der Waals surface area contributed by atoms with Crippen molar-refractivity contribution in [2.75, 3.05) is 11.9 Å². The van der Waals surface area contributed by atoms with Gasteiger partial charge in [-0.3, -0.25) is 9.48 Å². The van der Waals surface area contributed by atoms with Crippen molar-refractivity contribution < 1.29 is 14.0 Å². The number of rotatable bonds is 3. The van der Waals surface area contributed by atoms with Crippen LogP contribution in [0.15, 0.2) is 24.5 Å². The first kappa shape index (κ1) is 16.0. The number of carbonyl (C=O) groups is 2. The van der Waals surface area contributed by atoms with Crippen LogP contribution in [0, 0.1) is 5.82 Å². The van der Waals surface area contributed by atoms with Gasteiger partial charge >= 0.3 is 6.03 Å². The number of urea groups is 1. The highest BCUT2D eigenvalue weighted by molar-refractivity contribution is 5.98. The highest BCUT2D eigenvalue weighted by atomic mass is 19.1. The minimum atomic E-state index is -0.563. The summed E-state index contributed by atoms with van der Waals surface area (Å²) < 4.78 is 16.2. The number of hydrogen-bond donors (Lipinski definition) is 3. The maximum atomic E-state index is 14.5. The molecule has 0 bridgehead atoms. The van der Waals surface area contributed by atoms with Crippen molar-refractivity contribution in [1.29, 1.82) is 0 Å². The molecule has 7 nitrogen and oxygen atoms in total. The van der Waals surface area contributed by atoms with Gasteiger partial charge in [0, 0.05) is 36.5 Å². The van der Waals surface area contributed by atoms with Crippen LogP contribution >= 0.6 is 0 Å². The highest BCUT2D eigenvalue weighted by Gasteiger charge is 2.22. The van der Waals surface area contributed by atoms with Crippen molar-refractivity contribution in [2.45, 2.75) is 19.4 Å². The third kappa shape index (κ3) is 3.08. The molecule has 0 fully saturated rings. The van der Waals surface area contributed by atoms with E-state index in [1.54, 1.807) is 24.1 Å². The zero-order valence-electron chi connectivity index (χ0n) is 13.4. The van der Waals surface area contributed by atoms with Gasteiger partial charge in [-0.1, -0.05) is 0 Å². The van der Waals surface area contributed by atoms with Crippen LogP contribution in [0.5, 0.6) is 0 Å². The Morgan fingerprint density at radius 2 is 2.25 bits per heavy atom. The summed E-state index contributed by atoms with van der Waals surface area (Å²) >= 11 is 0. The van der Waals surface area contributed by atoms with Gasteiger partial charge in [0.15, 0.2) is 5.82 Å². The van der Waals surface area contributed by atoms with E-state index in [9.17, 15) is 14.0 Å². The van der Waals surface area contributed by atoms with Crippen LogP contribution in [0.3, 0.4) is 0 Å². The van der Waals surface area contributed by atoms with E-state index in [1.807, 2.05) is 6.92 Å². The van der Waals surface area contributed by atoms with Gasteiger partial charge in [-0.2, -0.15) is 5.10 Å². The number of amides is 3. The Balaban J connectivity index is 1.72. The Morgan fingerprint density at radius 3 is 2.96 bits per heavy atom. The number of carbonyl (C=O) groups excluding carboxylic acids is 2. The minimum absolute atomic E-state index is 0.0549. The second-order valence-corrected chi connectivity index (χ2v) is 5.73. The Bertz CT molecular complexity index is 802. The third-order valence-electron chi connectivity index (χ3n) is 3.97. The van der Waals surface area contributed by atoms with Crippen molar-refractivity contribution in [3.63, 3.8) is 0 Å². The van der Waals surface area contributed by atoms with E-state index in [4.69, 9.17) is 0 Å². The average molecular weight is 331 g/mol. The molecule has 3 amide bonds. The van der Waals surface area contributed by atoms with E-state index in [0.29, 0.717) is 24.1 Å². The molecule has 8 heteroatoms. The molecular weight excluding hydrogens is 313 g/mol. The van der Waals surface area contributed by atoms with Gasteiger partial charge in [0.2, 0.25) is 0 Å². The van der Waals surface area contributed by atoms with Crippen LogP contribution in [0.25, 0.3) is 0 Å². The SMILES string of the molecule is CC(NC(=O)Nc1ccc2c(c1F)CCNC2=O)c1cnn(C)c1. The van der Waals surface area contributed by atoms with Crippen LogP contribution in [0.1, 0.15) is 34.5 Å². The van der Waals surface area contributed by atoms with Crippen LogP contribution < -0.4 is 16.0 Å². The number of hydrogen-bond acceptors (Lipinski definition) is 3. The maximum Gasteiger partial charge on any atom is 0.319 e. The Hall–Kier alpha value is -2.90. The number of benzene rings is 1. The van der Waals surface area contributed by atoms with Crippen molar-refractivity contribution in [3.8, 4) is 0 Å². The number of nitrogens with zero attached hydrogens (tertiary/aromatic N) is 2. The van der Waals surface area contributed by atoms with E-state index >= 15 is 0 Å². The lowest BCUT2D eigenvalue weighted by Gasteiger charge is -2.19. The summed E-state index contributed by atoms with van der Waals surface area (Å²) in [7, 11) is 1.79. The summed E-state index contributed by atoms with van der Waals surface area (Å²) in [4.78, 5) is 23.8. The van der Waals surface area contributed by atoms with Crippen molar-refractivity contribution in [3.05, 3.63) is 47.0 Å². The number of nitrogens with one attached hydrogen (secondary N) is 3. The standard InChI is InChI=1S/C16H18FN5O2/c1-9(10-7-19-22(2)8-10)20-16(24)21-13-4-3-12-11(14(13)17)5-6-18-15(12)23/h3-4,7-9H,5-6H2,1-2H3,(H,18,23)(H2,20,21,24). The summed E-state index contributed by atoms with van der Waals surface area (Å²) in [5, 5.41) is 11.9. The fraction of sp³-hybridized carbons (Fsp3) is 0.312. The Labute approximate surface area is 138 Å². The zero-order valence-corrected chi connectivity index (χ0v) is 13.4. The number of anilines is 1. The summed E-state index contributed by atoms with van der Waals surface area (Å²) in [5.74, 6) is -0.858. The van der Waals surface area contributed by atoms with Gasteiger partial charge in [0.1, 0.15) is 0 Å². The number of aryl methyl sites for hydroxylation is 1. The molecule has 1 aromatic heterocycles. The number of aromatic nitrogens is 2. The lowest BCUT2D eigenvalue weighted by Crippen LogP contribution is -2.34. The fourth-order valence-corrected chi connectivity index (χ4v) is 2.67. The van der Waals surface area contributed by atoms with Crippen molar-refractivity contribution in [1.82, 2.24) is 20.4 Å². The van der Waals surface area contributed by atoms with Gasteiger partial charge in [0.05, 0.1) is 17.9 Å². The molecule has 1 aliphatic heterocycles. The topological polar surface area (TPSA) is 88.1 Å². The second kappa shape index (κ2) is 6.31. The average Bonchev–Trinajstić information content (AvgIpc) is 2.97. The van der Waals surface area contributed by atoms with Crippen LogP contribution in [0.4, 0.5) is 14.9 Å². The van der Waals surface area contributed by atoms with E-state index in [0.717, 1.165) is 5.56 Å². The van der Waals surface area contributed by atoms with Gasteiger partial charge in [-0.15, -0.1) is 0 Å². The van der Waals surface area contributed by atoms with Crippen LogP contribution in [-0.2, 0) is 13.5 Å². The molecule has 1 aliphatic rings. The fourth-order valence-electron chi connectivity index (χ4n) is 2.67. The molecule has 0 saturated carbocycles. The highest BCUT2D eigenvalue weighted by Crippen LogP contribution is 2.24. The largest absolute Gasteiger partial charge is 0.352 e. The molecule has 3 rings (SSSR count). The molecule has 1 aromatic carbocycles. The summed E-state index contributed by atoms with van der Waals surface area (Å²) in [5.41, 5.74) is 1.54. The first-order chi connectivity index (χ1) is 11.5. The molecule has 3 N–H and O–H groups in total. The summed E-state index contributed by atoms with van der Waals surface area (Å²) in [6, 6.07) is 2.12. The molecule has 1 unspecified atom stereocenters. The lowest BCUT2D eigenvalue weighted by atomic mass is 9.99. The normalized spacial score (nSPS) is 14.5. The molecule has 0 radical (unpaired) electrons. The molecule has 0 aliphatic carbocycles. The lowest BCUT2D eigenvalue weighted by molar-refractivity contribution is 0.0945. The number of halogens is 1. The number of fused-ring (bicyclic) bond motifs is 1. The smallest absolute Gasteiger partial charge is 0.319 e. The van der Waals surface area contributed by atoms with Gasteiger partial charge < -0.3 is 16.0 Å². The van der Waals surface area contributed by atoms with E-state index < -0.39 is 11.8 Å². The van der Waals surface area contributed by atoms with Crippen LogP contribution in [0.2, 0.25) is 0 Å². The third-order valence-corrected chi connectivity index (χ3v) is 3.97. The first-order valence-corrected chi connectivity index (χ1v) is 7.61. The summed E-state index contributed by atoms with van der Waals surface area (Å²) in [6.07, 6.45) is 3.85. The molecular formula is C16H18FN5O2. The molecule has 2 heterocycles. The van der Waals surface area contributed by atoms with Crippen molar-refractivity contribution in [2.24, 2.45) is 7.05 Å². The molecule has 24 heavy (non-hydrogen) atoms. The van der Waals surface area contributed by atoms with Crippen molar-refractivity contribution >= 4 is 17.6 Å². The summed E-state index contributed by atoms with van der Waals surface area (Å²) in [6.45, 7) is 2.20. The van der Waals surface area contributed by atoms with Gasteiger partial charge in [-0.05, 0) is 25.5 Å². The molecule has 0 saturated heterocycles. The predicted octanol–water partition coefficient (Wildman–Crippen LogP) is 1.73. The molecule has 0 spiro atoms. The predicted molar refractivity (Wildman–Crippen MR) is 86.2 cm³/mol. The molecule has 2 aromatic rings. The minimum Gasteiger partial charge on any atom is -0.352 e. The Morgan fingerprint density at radius 1 is 1.46 bits per heavy atom. The van der Waals surface area contributed by atoms with E-state index in [2.05, 4.69) is 21.0 Å².